The van der Waals surface area contributed by atoms with Gasteiger partial charge in [0.15, 0.2) is 5.17 Å². The number of rotatable bonds is 4. The molecule has 0 unspecified atom stereocenters. The van der Waals surface area contributed by atoms with Crippen molar-refractivity contribution in [3.05, 3.63) is 71.2 Å². The summed E-state index contributed by atoms with van der Waals surface area (Å²) in [4.78, 5) is 32.5. The Morgan fingerprint density at radius 1 is 1.06 bits per heavy atom. The van der Waals surface area contributed by atoms with Gasteiger partial charge in [0, 0.05) is 13.1 Å². The molecule has 2 aliphatic heterocycles. The lowest BCUT2D eigenvalue weighted by Gasteiger charge is -2.22. The van der Waals surface area contributed by atoms with Gasteiger partial charge in [-0.3, -0.25) is 14.5 Å². The van der Waals surface area contributed by atoms with Gasteiger partial charge in [-0.05, 0) is 48.7 Å². The summed E-state index contributed by atoms with van der Waals surface area (Å²) in [5.41, 5.74) is -0.986. The van der Waals surface area contributed by atoms with E-state index in [4.69, 9.17) is 0 Å². The molecule has 1 saturated heterocycles. The first-order valence-corrected chi connectivity index (χ1v) is 11.2. The van der Waals surface area contributed by atoms with Crippen LogP contribution in [0.4, 0.5) is 23.2 Å². The number of amides is 2. The van der Waals surface area contributed by atoms with Gasteiger partial charge in [-0.25, -0.2) is 9.38 Å². The van der Waals surface area contributed by atoms with Crippen molar-refractivity contribution >= 4 is 40.5 Å². The highest BCUT2D eigenvalue weighted by Crippen LogP contribution is 2.39. The van der Waals surface area contributed by atoms with Gasteiger partial charge in [-0.1, -0.05) is 36.0 Å². The second-order valence-electron chi connectivity index (χ2n) is 7.51. The minimum Gasteiger partial charge on any atom is -0.342 e. The van der Waals surface area contributed by atoms with Gasteiger partial charge in [0.1, 0.15) is 11.5 Å². The summed E-state index contributed by atoms with van der Waals surface area (Å²) in [7, 11) is 0. The predicted octanol–water partition coefficient (Wildman–Crippen LogP) is 4.94. The zero-order valence-electron chi connectivity index (χ0n) is 17.3. The Bertz CT molecular complexity index is 1120. The van der Waals surface area contributed by atoms with Crippen LogP contribution in [0.15, 0.2) is 59.2 Å². The molecule has 0 spiro atoms. The highest BCUT2D eigenvalue weighted by molar-refractivity contribution is 8.14. The summed E-state index contributed by atoms with van der Waals surface area (Å²) in [6.07, 6.45) is -1.50. The van der Waals surface area contributed by atoms with Crippen LogP contribution in [0.2, 0.25) is 0 Å². The number of nitrogens with zero attached hydrogens (tertiary/aromatic N) is 3. The number of carbonyl (C=O) groups is 2. The third-order valence-electron chi connectivity index (χ3n) is 5.24. The molecule has 1 fully saturated rings. The molecule has 5 nitrogen and oxygen atoms in total. The Labute approximate surface area is 191 Å². The Hall–Kier alpha value is -3.14. The van der Waals surface area contributed by atoms with E-state index in [1.54, 1.807) is 4.90 Å². The van der Waals surface area contributed by atoms with E-state index in [-0.39, 0.29) is 28.2 Å². The summed E-state index contributed by atoms with van der Waals surface area (Å²) in [5.74, 6) is -1.43. The minimum atomic E-state index is -4.69. The van der Waals surface area contributed by atoms with Crippen molar-refractivity contribution in [2.24, 2.45) is 4.99 Å². The fourth-order valence-corrected chi connectivity index (χ4v) is 4.52. The monoisotopic (exact) mass is 477 g/mol. The van der Waals surface area contributed by atoms with Crippen LogP contribution in [0.5, 0.6) is 0 Å². The van der Waals surface area contributed by atoms with Crippen molar-refractivity contribution < 1.29 is 27.2 Å². The quantitative estimate of drug-likeness (QED) is 0.463. The molecule has 2 amide bonds. The van der Waals surface area contributed by atoms with Crippen LogP contribution in [-0.4, -0.2) is 40.7 Å². The number of hydrogen-bond donors (Lipinski definition) is 0. The van der Waals surface area contributed by atoms with Gasteiger partial charge in [0.25, 0.3) is 5.91 Å². The van der Waals surface area contributed by atoms with Crippen molar-refractivity contribution in [3.8, 4) is 0 Å². The van der Waals surface area contributed by atoms with E-state index in [1.165, 1.54) is 48.5 Å². The number of para-hydroxylation sites is 1. The number of hydrogen-bond acceptors (Lipinski definition) is 4. The number of halogens is 4. The van der Waals surface area contributed by atoms with E-state index in [0.717, 1.165) is 35.6 Å². The third-order valence-corrected chi connectivity index (χ3v) is 6.16. The lowest BCUT2D eigenvalue weighted by atomic mass is 10.1. The molecule has 4 rings (SSSR count). The number of carbonyl (C=O) groups excluding carboxylic acids is 2. The molecule has 33 heavy (non-hydrogen) atoms. The number of likely N-dealkylation sites (tertiary alicyclic amines) is 1. The fraction of sp³-hybridized carbons (Fsp3) is 0.261. The molecule has 0 radical (unpaired) electrons. The Morgan fingerprint density at radius 3 is 2.39 bits per heavy atom. The van der Waals surface area contributed by atoms with Crippen molar-refractivity contribution in [3.63, 3.8) is 0 Å². The van der Waals surface area contributed by atoms with Gasteiger partial charge in [0.05, 0.1) is 17.0 Å². The lowest BCUT2D eigenvalue weighted by Crippen LogP contribution is -2.34. The maximum absolute atomic E-state index is 13.7. The molecular formula is C23H19F4N3O2S. The highest BCUT2D eigenvalue weighted by atomic mass is 32.2. The van der Waals surface area contributed by atoms with Gasteiger partial charge in [0.2, 0.25) is 5.91 Å². The number of amidine groups is 1. The van der Waals surface area contributed by atoms with Crippen LogP contribution >= 0.6 is 11.8 Å². The minimum absolute atomic E-state index is 0.0161. The molecule has 2 aliphatic rings. The maximum atomic E-state index is 13.7. The number of thioether (sulfide) groups is 1. The first-order chi connectivity index (χ1) is 15.7. The largest absolute Gasteiger partial charge is 0.418 e. The lowest BCUT2D eigenvalue weighted by molar-refractivity contribution is -0.137. The standard InChI is InChI=1S/C23H19F4N3O2S/c24-16-9-7-15(8-10-16)13-18-21(32)30(19-6-2-1-5-17(19)23(25,26)27)22(28-18)33-14-20(31)29-11-3-4-12-29/h1-2,5-10,13H,3-4,11-12,14H2/b18-13-. The second kappa shape index (κ2) is 9.38. The molecule has 2 aromatic rings. The summed E-state index contributed by atoms with van der Waals surface area (Å²) in [6.45, 7) is 1.28. The molecule has 2 aromatic carbocycles. The fourth-order valence-electron chi connectivity index (χ4n) is 3.61. The molecule has 172 valence electrons. The van der Waals surface area contributed by atoms with Crippen molar-refractivity contribution in [2.75, 3.05) is 23.7 Å². The van der Waals surface area contributed by atoms with Crippen LogP contribution in [0, 0.1) is 5.82 Å². The molecule has 0 aliphatic carbocycles. The Balaban J connectivity index is 1.69. The van der Waals surface area contributed by atoms with Crippen molar-refractivity contribution in [1.82, 2.24) is 4.90 Å². The normalized spacial score (nSPS) is 17.8. The second-order valence-corrected chi connectivity index (χ2v) is 8.45. The van der Waals surface area contributed by atoms with Gasteiger partial charge >= 0.3 is 6.18 Å². The van der Waals surface area contributed by atoms with E-state index in [0.29, 0.717) is 18.7 Å². The van der Waals surface area contributed by atoms with Crippen molar-refractivity contribution in [1.29, 1.82) is 0 Å². The highest BCUT2D eigenvalue weighted by Gasteiger charge is 2.40. The topological polar surface area (TPSA) is 53.0 Å². The molecule has 0 saturated carbocycles. The van der Waals surface area contributed by atoms with Gasteiger partial charge in [-0.2, -0.15) is 13.2 Å². The van der Waals surface area contributed by atoms with E-state index in [1.807, 2.05) is 0 Å². The van der Waals surface area contributed by atoms with Crippen LogP contribution in [-0.2, 0) is 15.8 Å². The van der Waals surface area contributed by atoms with Crippen LogP contribution in [0.25, 0.3) is 6.08 Å². The van der Waals surface area contributed by atoms with Crippen LogP contribution in [0.1, 0.15) is 24.0 Å². The number of benzene rings is 2. The summed E-state index contributed by atoms with van der Waals surface area (Å²) in [6, 6.07) is 10.00. The molecule has 2 heterocycles. The molecule has 10 heteroatoms. The summed E-state index contributed by atoms with van der Waals surface area (Å²) >= 11 is 0.917. The summed E-state index contributed by atoms with van der Waals surface area (Å²) in [5, 5.41) is -0.0161. The van der Waals surface area contributed by atoms with E-state index in [2.05, 4.69) is 4.99 Å². The Kier molecular flexibility index (Phi) is 6.55. The van der Waals surface area contributed by atoms with Crippen LogP contribution < -0.4 is 4.90 Å². The molecule has 0 atom stereocenters. The smallest absolute Gasteiger partial charge is 0.342 e. The van der Waals surface area contributed by atoms with E-state index < -0.39 is 23.5 Å². The first-order valence-electron chi connectivity index (χ1n) is 10.2. The first kappa shape index (κ1) is 23.0. The molecular weight excluding hydrogens is 458 g/mol. The summed E-state index contributed by atoms with van der Waals surface area (Å²) < 4.78 is 54.2. The maximum Gasteiger partial charge on any atom is 0.418 e. The Morgan fingerprint density at radius 2 is 1.73 bits per heavy atom. The average molecular weight is 477 g/mol. The third kappa shape index (κ3) is 5.11. The number of aliphatic imine (C=N–C) groups is 1. The molecule has 0 aromatic heterocycles. The van der Waals surface area contributed by atoms with Gasteiger partial charge < -0.3 is 4.90 Å². The van der Waals surface area contributed by atoms with E-state index in [9.17, 15) is 27.2 Å². The SMILES string of the molecule is O=C(CSC1=N/C(=C\c2ccc(F)cc2)C(=O)N1c1ccccc1C(F)(F)F)N1CCCC1. The average Bonchev–Trinajstić information content (AvgIpc) is 3.42. The zero-order valence-corrected chi connectivity index (χ0v) is 18.1. The predicted molar refractivity (Wildman–Crippen MR) is 119 cm³/mol. The van der Waals surface area contributed by atoms with Crippen LogP contribution in [0.3, 0.4) is 0 Å². The number of anilines is 1. The van der Waals surface area contributed by atoms with Crippen molar-refractivity contribution in [2.45, 2.75) is 19.0 Å². The molecule has 0 bridgehead atoms. The van der Waals surface area contributed by atoms with E-state index >= 15 is 0 Å². The number of alkyl halides is 3. The zero-order chi connectivity index (χ0) is 23.6. The molecule has 0 N–H and O–H groups in total. The van der Waals surface area contributed by atoms with Gasteiger partial charge in [-0.15, -0.1) is 0 Å².